The Kier molecular flexibility index (Phi) is 5.22. The highest BCUT2D eigenvalue weighted by molar-refractivity contribution is 5.80. The number of hydrogen-bond donors (Lipinski definition) is 2. The molecule has 0 aliphatic rings. The molecular formula is C12H16N2O2. The summed E-state index contributed by atoms with van der Waals surface area (Å²) in [6.45, 7) is 3.24. The normalized spacial score (nSPS) is 11.4. The predicted molar refractivity (Wildman–Crippen MR) is 62.2 cm³/mol. The van der Waals surface area contributed by atoms with Gasteiger partial charge in [-0.25, -0.2) is 4.79 Å². The maximum Gasteiger partial charge on any atom is 0.328 e. The van der Waals surface area contributed by atoms with Gasteiger partial charge in [-0.3, -0.25) is 4.98 Å². The summed E-state index contributed by atoms with van der Waals surface area (Å²) in [7, 11) is 0. The lowest BCUT2D eigenvalue weighted by Gasteiger charge is -2.04. The van der Waals surface area contributed by atoms with E-state index in [1.165, 1.54) is 11.6 Å². The number of hydrogen-bond acceptors (Lipinski definition) is 3. The van der Waals surface area contributed by atoms with Crippen molar-refractivity contribution < 1.29 is 9.90 Å². The molecule has 0 amide bonds. The van der Waals surface area contributed by atoms with Crippen molar-refractivity contribution in [3.05, 3.63) is 41.7 Å². The molecule has 0 saturated heterocycles. The number of aromatic nitrogens is 1. The first-order valence-electron chi connectivity index (χ1n) is 5.18. The van der Waals surface area contributed by atoms with Crippen molar-refractivity contribution in [3.63, 3.8) is 0 Å². The van der Waals surface area contributed by atoms with Gasteiger partial charge in [-0.05, 0) is 37.6 Å². The molecule has 1 heterocycles. The summed E-state index contributed by atoms with van der Waals surface area (Å²) in [5.41, 5.74) is 2.05. The van der Waals surface area contributed by atoms with Gasteiger partial charge >= 0.3 is 5.97 Å². The van der Waals surface area contributed by atoms with Gasteiger partial charge in [0.25, 0.3) is 0 Å². The molecule has 1 aromatic rings. The SMILES string of the molecule is C/C(=C/C(=O)O)CNCCc1ccncc1. The summed E-state index contributed by atoms with van der Waals surface area (Å²) in [6.07, 6.45) is 5.68. The van der Waals surface area contributed by atoms with E-state index in [0.717, 1.165) is 18.5 Å². The summed E-state index contributed by atoms with van der Waals surface area (Å²) in [6, 6.07) is 3.95. The third-order valence-corrected chi connectivity index (χ3v) is 2.11. The zero-order valence-corrected chi connectivity index (χ0v) is 9.31. The molecule has 1 rings (SSSR count). The molecule has 0 radical (unpaired) electrons. The van der Waals surface area contributed by atoms with Crippen LogP contribution in [0.2, 0.25) is 0 Å². The average Bonchev–Trinajstić information content (AvgIpc) is 2.25. The first-order chi connectivity index (χ1) is 7.68. The Morgan fingerprint density at radius 3 is 2.81 bits per heavy atom. The smallest absolute Gasteiger partial charge is 0.328 e. The Labute approximate surface area is 95.0 Å². The second-order valence-corrected chi connectivity index (χ2v) is 3.61. The van der Waals surface area contributed by atoms with Gasteiger partial charge in [0.05, 0.1) is 0 Å². The molecule has 0 atom stereocenters. The van der Waals surface area contributed by atoms with Crippen molar-refractivity contribution >= 4 is 5.97 Å². The molecule has 4 heteroatoms. The Morgan fingerprint density at radius 2 is 2.19 bits per heavy atom. The fraction of sp³-hybridized carbons (Fsp3) is 0.333. The standard InChI is InChI=1S/C12H16N2O2/c1-10(8-12(15)16)9-14-7-4-11-2-5-13-6-3-11/h2-3,5-6,8,14H,4,7,9H2,1H3,(H,15,16)/b10-8-. The van der Waals surface area contributed by atoms with Crippen LogP contribution >= 0.6 is 0 Å². The largest absolute Gasteiger partial charge is 0.478 e. The number of aliphatic carboxylic acids is 1. The Morgan fingerprint density at radius 1 is 1.50 bits per heavy atom. The van der Waals surface area contributed by atoms with Crippen LogP contribution < -0.4 is 5.32 Å². The fourth-order valence-electron chi connectivity index (χ4n) is 1.33. The van der Waals surface area contributed by atoms with E-state index in [4.69, 9.17) is 5.11 Å². The third kappa shape index (κ3) is 5.26. The molecule has 0 bridgehead atoms. The van der Waals surface area contributed by atoms with Gasteiger partial charge in [0.15, 0.2) is 0 Å². The van der Waals surface area contributed by atoms with Crippen LogP contribution in [0.3, 0.4) is 0 Å². The first-order valence-corrected chi connectivity index (χ1v) is 5.18. The van der Waals surface area contributed by atoms with E-state index in [-0.39, 0.29) is 0 Å². The molecule has 1 aromatic heterocycles. The average molecular weight is 220 g/mol. The zero-order chi connectivity index (χ0) is 11.8. The minimum atomic E-state index is -0.895. The van der Waals surface area contributed by atoms with Crippen LogP contribution in [-0.4, -0.2) is 29.1 Å². The Bertz CT molecular complexity index is 361. The highest BCUT2D eigenvalue weighted by Gasteiger charge is 1.95. The minimum absolute atomic E-state index is 0.609. The van der Waals surface area contributed by atoms with Crippen LogP contribution in [0.25, 0.3) is 0 Å². The fourth-order valence-corrected chi connectivity index (χ4v) is 1.33. The maximum absolute atomic E-state index is 10.4. The maximum atomic E-state index is 10.4. The highest BCUT2D eigenvalue weighted by Crippen LogP contribution is 1.96. The lowest BCUT2D eigenvalue weighted by Crippen LogP contribution is -2.19. The predicted octanol–water partition coefficient (Wildman–Crippen LogP) is 1.24. The van der Waals surface area contributed by atoms with Gasteiger partial charge in [0.1, 0.15) is 0 Å². The summed E-state index contributed by atoms with van der Waals surface area (Å²) in [5.74, 6) is -0.895. The zero-order valence-electron chi connectivity index (χ0n) is 9.31. The molecule has 0 aliphatic carbocycles. The molecule has 0 spiro atoms. The number of carboxylic acids is 1. The molecule has 0 aromatic carbocycles. The molecule has 0 unspecified atom stereocenters. The Balaban J connectivity index is 2.20. The second-order valence-electron chi connectivity index (χ2n) is 3.61. The van der Waals surface area contributed by atoms with Gasteiger partial charge in [-0.2, -0.15) is 0 Å². The topological polar surface area (TPSA) is 62.2 Å². The van der Waals surface area contributed by atoms with Crippen LogP contribution in [0.1, 0.15) is 12.5 Å². The van der Waals surface area contributed by atoms with Crippen LogP contribution in [0.5, 0.6) is 0 Å². The number of nitrogens with zero attached hydrogens (tertiary/aromatic N) is 1. The van der Waals surface area contributed by atoms with Gasteiger partial charge in [0, 0.05) is 25.0 Å². The number of pyridine rings is 1. The van der Waals surface area contributed by atoms with Gasteiger partial charge in [-0.1, -0.05) is 5.57 Å². The van der Waals surface area contributed by atoms with Crippen LogP contribution in [-0.2, 0) is 11.2 Å². The van der Waals surface area contributed by atoms with E-state index in [0.29, 0.717) is 6.54 Å². The van der Waals surface area contributed by atoms with E-state index in [9.17, 15) is 4.79 Å². The number of rotatable bonds is 6. The summed E-state index contributed by atoms with van der Waals surface area (Å²) < 4.78 is 0. The quantitative estimate of drug-likeness (QED) is 0.559. The molecule has 0 fully saturated rings. The monoisotopic (exact) mass is 220 g/mol. The lowest BCUT2D eigenvalue weighted by molar-refractivity contribution is -0.131. The molecule has 2 N–H and O–H groups in total. The molecular weight excluding hydrogens is 204 g/mol. The highest BCUT2D eigenvalue weighted by atomic mass is 16.4. The first kappa shape index (κ1) is 12.4. The number of carboxylic acid groups (broad SMARTS) is 1. The third-order valence-electron chi connectivity index (χ3n) is 2.11. The van der Waals surface area contributed by atoms with Crippen LogP contribution in [0.4, 0.5) is 0 Å². The van der Waals surface area contributed by atoms with Crippen molar-refractivity contribution in [1.82, 2.24) is 10.3 Å². The van der Waals surface area contributed by atoms with Crippen molar-refractivity contribution in [3.8, 4) is 0 Å². The van der Waals surface area contributed by atoms with Gasteiger partial charge in [0.2, 0.25) is 0 Å². The summed E-state index contributed by atoms with van der Waals surface area (Å²) in [5, 5.41) is 11.7. The lowest BCUT2D eigenvalue weighted by atomic mass is 10.2. The Hall–Kier alpha value is -1.68. The van der Waals surface area contributed by atoms with Crippen LogP contribution in [0, 0.1) is 0 Å². The van der Waals surface area contributed by atoms with Crippen molar-refractivity contribution in [2.24, 2.45) is 0 Å². The minimum Gasteiger partial charge on any atom is -0.478 e. The molecule has 0 saturated carbocycles. The van der Waals surface area contributed by atoms with Crippen molar-refractivity contribution in [2.45, 2.75) is 13.3 Å². The molecule has 0 aliphatic heterocycles. The molecule has 4 nitrogen and oxygen atoms in total. The van der Waals surface area contributed by atoms with Crippen LogP contribution in [0.15, 0.2) is 36.2 Å². The van der Waals surface area contributed by atoms with E-state index in [1.54, 1.807) is 19.3 Å². The molecule has 16 heavy (non-hydrogen) atoms. The number of carbonyl (C=O) groups is 1. The second kappa shape index (κ2) is 6.74. The van der Waals surface area contributed by atoms with Crippen molar-refractivity contribution in [1.29, 1.82) is 0 Å². The molecule has 86 valence electrons. The number of nitrogens with one attached hydrogen (secondary N) is 1. The summed E-state index contributed by atoms with van der Waals surface area (Å²) >= 11 is 0. The van der Waals surface area contributed by atoms with Gasteiger partial charge < -0.3 is 10.4 Å². The van der Waals surface area contributed by atoms with E-state index < -0.39 is 5.97 Å². The summed E-state index contributed by atoms with van der Waals surface area (Å²) in [4.78, 5) is 14.3. The van der Waals surface area contributed by atoms with E-state index in [1.807, 2.05) is 12.1 Å². The van der Waals surface area contributed by atoms with Gasteiger partial charge in [-0.15, -0.1) is 0 Å². The van der Waals surface area contributed by atoms with Crippen molar-refractivity contribution in [2.75, 3.05) is 13.1 Å². The van der Waals surface area contributed by atoms with E-state index >= 15 is 0 Å². The van der Waals surface area contributed by atoms with E-state index in [2.05, 4.69) is 10.3 Å².